The van der Waals surface area contributed by atoms with Crippen LogP contribution in [-0.2, 0) is 11.2 Å². The molecule has 0 spiro atoms. The molecule has 120 valence electrons. The van der Waals surface area contributed by atoms with Gasteiger partial charge in [0.1, 0.15) is 11.4 Å². The van der Waals surface area contributed by atoms with Gasteiger partial charge < -0.3 is 9.64 Å². The third kappa shape index (κ3) is 4.09. The summed E-state index contributed by atoms with van der Waals surface area (Å²) in [6, 6.07) is 13.8. The van der Waals surface area contributed by atoms with Crippen LogP contribution in [0.25, 0.3) is 0 Å². The SMILES string of the molecule is O=C(OCCCc1ccccc1)c1cccnc1N1CCCC1. The maximum atomic E-state index is 12.3. The van der Waals surface area contributed by atoms with E-state index in [1.165, 1.54) is 5.56 Å². The quantitative estimate of drug-likeness (QED) is 0.605. The van der Waals surface area contributed by atoms with Gasteiger partial charge in [-0.3, -0.25) is 0 Å². The molecule has 2 heterocycles. The van der Waals surface area contributed by atoms with Crippen LogP contribution in [0.3, 0.4) is 0 Å². The normalized spacial score (nSPS) is 14.0. The minimum Gasteiger partial charge on any atom is -0.462 e. The molecule has 4 heteroatoms. The summed E-state index contributed by atoms with van der Waals surface area (Å²) in [7, 11) is 0. The van der Waals surface area contributed by atoms with Crippen LogP contribution < -0.4 is 4.90 Å². The Kier molecular flexibility index (Phi) is 5.25. The lowest BCUT2D eigenvalue weighted by Gasteiger charge is -2.18. The molecule has 0 N–H and O–H groups in total. The fourth-order valence-corrected chi connectivity index (χ4v) is 2.90. The number of carbonyl (C=O) groups excluding carboxylic acids is 1. The number of anilines is 1. The maximum absolute atomic E-state index is 12.3. The van der Waals surface area contributed by atoms with Gasteiger partial charge in [0.15, 0.2) is 0 Å². The van der Waals surface area contributed by atoms with Gasteiger partial charge in [-0.25, -0.2) is 9.78 Å². The average molecular weight is 310 g/mol. The fraction of sp³-hybridized carbons (Fsp3) is 0.368. The van der Waals surface area contributed by atoms with Gasteiger partial charge in [-0.05, 0) is 43.4 Å². The molecule has 0 bridgehead atoms. The van der Waals surface area contributed by atoms with Crippen LogP contribution in [0.2, 0.25) is 0 Å². The molecule has 1 saturated heterocycles. The lowest BCUT2D eigenvalue weighted by molar-refractivity contribution is 0.0501. The van der Waals surface area contributed by atoms with Gasteiger partial charge in [0, 0.05) is 19.3 Å². The van der Waals surface area contributed by atoms with Gasteiger partial charge in [-0.2, -0.15) is 0 Å². The summed E-state index contributed by atoms with van der Waals surface area (Å²) in [5, 5.41) is 0. The molecule has 3 rings (SSSR count). The lowest BCUT2D eigenvalue weighted by atomic mass is 10.1. The van der Waals surface area contributed by atoms with Gasteiger partial charge in [0.2, 0.25) is 0 Å². The Labute approximate surface area is 137 Å². The summed E-state index contributed by atoms with van der Waals surface area (Å²) in [6.45, 7) is 2.36. The molecular formula is C19H22N2O2. The van der Waals surface area contributed by atoms with Crippen molar-refractivity contribution in [1.29, 1.82) is 0 Å². The van der Waals surface area contributed by atoms with Crippen LogP contribution in [0.15, 0.2) is 48.7 Å². The molecule has 2 aromatic rings. The van der Waals surface area contributed by atoms with E-state index in [1.54, 1.807) is 18.3 Å². The Hall–Kier alpha value is -2.36. The molecule has 0 unspecified atom stereocenters. The molecule has 23 heavy (non-hydrogen) atoms. The van der Waals surface area contributed by atoms with E-state index in [0.29, 0.717) is 12.2 Å². The van der Waals surface area contributed by atoms with E-state index in [1.807, 2.05) is 18.2 Å². The second kappa shape index (κ2) is 7.77. The summed E-state index contributed by atoms with van der Waals surface area (Å²) in [6.07, 6.45) is 5.79. The highest BCUT2D eigenvalue weighted by atomic mass is 16.5. The van der Waals surface area contributed by atoms with Crippen molar-refractivity contribution >= 4 is 11.8 Å². The highest BCUT2D eigenvalue weighted by Gasteiger charge is 2.21. The summed E-state index contributed by atoms with van der Waals surface area (Å²) < 4.78 is 5.44. The summed E-state index contributed by atoms with van der Waals surface area (Å²) in [4.78, 5) is 18.9. The van der Waals surface area contributed by atoms with E-state index in [-0.39, 0.29) is 5.97 Å². The molecule has 0 saturated carbocycles. The Morgan fingerprint density at radius 2 is 1.87 bits per heavy atom. The monoisotopic (exact) mass is 310 g/mol. The van der Waals surface area contributed by atoms with Crippen LogP contribution >= 0.6 is 0 Å². The van der Waals surface area contributed by atoms with E-state index in [4.69, 9.17) is 4.74 Å². The molecule has 1 fully saturated rings. The van der Waals surface area contributed by atoms with Gasteiger partial charge in [0.05, 0.1) is 6.61 Å². The van der Waals surface area contributed by atoms with E-state index in [0.717, 1.165) is 44.6 Å². The Morgan fingerprint density at radius 3 is 2.65 bits per heavy atom. The van der Waals surface area contributed by atoms with E-state index in [9.17, 15) is 4.79 Å². The Morgan fingerprint density at radius 1 is 1.09 bits per heavy atom. The van der Waals surface area contributed by atoms with Crippen LogP contribution in [0.4, 0.5) is 5.82 Å². The summed E-state index contributed by atoms with van der Waals surface area (Å²) in [5.74, 6) is 0.492. The van der Waals surface area contributed by atoms with Crippen molar-refractivity contribution in [3.63, 3.8) is 0 Å². The summed E-state index contributed by atoms with van der Waals surface area (Å²) >= 11 is 0. The molecule has 0 radical (unpaired) electrons. The van der Waals surface area contributed by atoms with Crippen molar-refractivity contribution in [3.05, 3.63) is 59.8 Å². The zero-order chi connectivity index (χ0) is 15.9. The Bertz CT molecular complexity index is 637. The fourth-order valence-electron chi connectivity index (χ4n) is 2.90. The first-order chi connectivity index (χ1) is 11.3. The van der Waals surface area contributed by atoms with Crippen LogP contribution in [0, 0.1) is 0 Å². The van der Waals surface area contributed by atoms with Crippen LogP contribution in [0.1, 0.15) is 35.2 Å². The second-order valence-corrected chi connectivity index (χ2v) is 5.79. The molecule has 0 aliphatic carbocycles. The first-order valence-electron chi connectivity index (χ1n) is 8.25. The zero-order valence-electron chi connectivity index (χ0n) is 13.3. The number of aryl methyl sites for hydroxylation is 1. The molecule has 1 aromatic heterocycles. The standard InChI is InChI=1S/C19H22N2O2/c22-19(23-15-7-10-16-8-2-1-3-9-16)17-11-6-12-20-18(17)21-13-4-5-14-21/h1-3,6,8-9,11-12H,4-5,7,10,13-15H2. The van der Waals surface area contributed by atoms with Gasteiger partial charge in [-0.15, -0.1) is 0 Å². The van der Waals surface area contributed by atoms with E-state index < -0.39 is 0 Å². The predicted octanol–water partition coefficient (Wildman–Crippen LogP) is 3.47. The first-order valence-corrected chi connectivity index (χ1v) is 8.25. The van der Waals surface area contributed by atoms with Crippen molar-refractivity contribution < 1.29 is 9.53 Å². The number of carbonyl (C=O) groups is 1. The van der Waals surface area contributed by atoms with Crippen molar-refractivity contribution in [3.8, 4) is 0 Å². The largest absolute Gasteiger partial charge is 0.462 e. The number of aromatic nitrogens is 1. The molecular weight excluding hydrogens is 288 g/mol. The van der Waals surface area contributed by atoms with Crippen molar-refractivity contribution in [2.75, 3.05) is 24.6 Å². The highest BCUT2D eigenvalue weighted by Crippen LogP contribution is 2.22. The maximum Gasteiger partial charge on any atom is 0.341 e. The number of rotatable bonds is 6. The smallest absolute Gasteiger partial charge is 0.341 e. The van der Waals surface area contributed by atoms with Gasteiger partial charge in [0.25, 0.3) is 0 Å². The second-order valence-electron chi connectivity index (χ2n) is 5.79. The number of hydrogen-bond acceptors (Lipinski definition) is 4. The molecule has 4 nitrogen and oxygen atoms in total. The number of benzene rings is 1. The van der Waals surface area contributed by atoms with Gasteiger partial charge in [-0.1, -0.05) is 30.3 Å². The number of nitrogens with zero attached hydrogens (tertiary/aromatic N) is 2. The van der Waals surface area contributed by atoms with Crippen LogP contribution in [-0.4, -0.2) is 30.6 Å². The minimum absolute atomic E-state index is 0.270. The van der Waals surface area contributed by atoms with Crippen molar-refractivity contribution in [1.82, 2.24) is 4.98 Å². The first kappa shape index (κ1) is 15.5. The molecule has 1 aromatic carbocycles. The zero-order valence-corrected chi connectivity index (χ0v) is 13.3. The van der Waals surface area contributed by atoms with Crippen molar-refractivity contribution in [2.45, 2.75) is 25.7 Å². The molecule has 1 aliphatic rings. The molecule has 0 atom stereocenters. The topological polar surface area (TPSA) is 42.4 Å². The highest BCUT2D eigenvalue weighted by molar-refractivity contribution is 5.94. The number of esters is 1. The average Bonchev–Trinajstić information content (AvgIpc) is 3.14. The molecule has 0 amide bonds. The van der Waals surface area contributed by atoms with E-state index >= 15 is 0 Å². The predicted molar refractivity (Wildman–Crippen MR) is 90.7 cm³/mol. The number of pyridine rings is 1. The van der Waals surface area contributed by atoms with Gasteiger partial charge >= 0.3 is 5.97 Å². The Balaban J connectivity index is 1.54. The minimum atomic E-state index is -0.270. The van der Waals surface area contributed by atoms with E-state index in [2.05, 4.69) is 22.0 Å². The third-order valence-corrected chi connectivity index (χ3v) is 4.10. The molecule has 1 aliphatic heterocycles. The summed E-state index contributed by atoms with van der Waals surface area (Å²) in [5.41, 5.74) is 1.84. The number of ether oxygens (including phenoxy) is 1. The lowest BCUT2D eigenvalue weighted by Crippen LogP contribution is -2.22. The van der Waals surface area contributed by atoms with Crippen LogP contribution in [0.5, 0.6) is 0 Å². The van der Waals surface area contributed by atoms with Crippen molar-refractivity contribution in [2.24, 2.45) is 0 Å². The third-order valence-electron chi connectivity index (χ3n) is 4.10. The number of hydrogen-bond donors (Lipinski definition) is 0.